The highest BCUT2D eigenvalue weighted by Gasteiger charge is 2.28. The molecule has 2 unspecified atom stereocenters. The zero-order valence-corrected chi connectivity index (χ0v) is 11.0. The van der Waals surface area contributed by atoms with E-state index in [2.05, 4.69) is 22.4 Å². The second-order valence-corrected chi connectivity index (χ2v) is 5.49. The Morgan fingerprint density at radius 2 is 2.41 bits per heavy atom. The van der Waals surface area contributed by atoms with Gasteiger partial charge in [0.2, 0.25) is 5.91 Å². The molecule has 1 saturated heterocycles. The van der Waals surface area contributed by atoms with Crippen molar-refractivity contribution in [2.45, 2.75) is 32.4 Å². The van der Waals surface area contributed by atoms with Gasteiger partial charge in [-0.2, -0.15) is 0 Å². The monoisotopic (exact) mass is 254 g/mol. The maximum absolute atomic E-state index is 12.3. The molecule has 0 spiro atoms. The predicted molar refractivity (Wildman–Crippen MR) is 66.6 cm³/mol. The molecule has 2 heterocycles. The van der Waals surface area contributed by atoms with E-state index in [0.29, 0.717) is 12.5 Å². The molecule has 1 N–H and O–H groups in total. The van der Waals surface area contributed by atoms with Crippen LogP contribution < -0.4 is 5.32 Å². The minimum atomic E-state index is -0.0483. The SMILES string of the molecule is CNC1CCC(C)CN(Cc2nncs2)C1=O. The summed E-state index contributed by atoms with van der Waals surface area (Å²) in [5.74, 6) is 0.734. The number of amides is 1. The molecule has 5 nitrogen and oxygen atoms in total. The first-order chi connectivity index (χ1) is 8.20. The lowest BCUT2D eigenvalue weighted by Gasteiger charge is -2.24. The van der Waals surface area contributed by atoms with Crippen LogP contribution in [0, 0.1) is 5.92 Å². The van der Waals surface area contributed by atoms with Gasteiger partial charge in [-0.05, 0) is 25.8 Å². The first-order valence-corrected chi connectivity index (χ1v) is 6.79. The largest absolute Gasteiger partial charge is 0.334 e. The molecule has 6 heteroatoms. The highest BCUT2D eigenvalue weighted by molar-refractivity contribution is 7.09. The molecule has 0 aromatic carbocycles. The third-order valence-corrected chi connectivity index (χ3v) is 3.85. The summed E-state index contributed by atoms with van der Waals surface area (Å²) >= 11 is 1.50. The number of carbonyl (C=O) groups is 1. The third kappa shape index (κ3) is 3.01. The fourth-order valence-electron chi connectivity index (χ4n) is 2.19. The lowest BCUT2D eigenvalue weighted by atomic mass is 10.0. The second kappa shape index (κ2) is 5.55. The fourth-order valence-corrected chi connectivity index (χ4v) is 2.73. The van der Waals surface area contributed by atoms with E-state index < -0.39 is 0 Å². The van der Waals surface area contributed by atoms with E-state index in [4.69, 9.17) is 0 Å². The van der Waals surface area contributed by atoms with Crippen LogP contribution in [0.2, 0.25) is 0 Å². The molecule has 0 saturated carbocycles. The molecule has 1 aliphatic rings. The van der Waals surface area contributed by atoms with Crippen molar-refractivity contribution in [3.63, 3.8) is 0 Å². The molecule has 1 aliphatic heterocycles. The van der Waals surface area contributed by atoms with E-state index in [-0.39, 0.29) is 11.9 Å². The zero-order chi connectivity index (χ0) is 12.3. The van der Waals surface area contributed by atoms with Gasteiger partial charge < -0.3 is 10.2 Å². The van der Waals surface area contributed by atoms with Gasteiger partial charge in [-0.1, -0.05) is 6.92 Å². The van der Waals surface area contributed by atoms with Crippen molar-refractivity contribution in [3.05, 3.63) is 10.5 Å². The van der Waals surface area contributed by atoms with Gasteiger partial charge in [0.25, 0.3) is 0 Å². The Labute approximate surface area is 105 Å². The van der Waals surface area contributed by atoms with Gasteiger partial charge in [0.05, 0.1) is 12.6 Å². The Kier molecular flexibility index (Phi) is 4.06. The maximum atomic E-state index is 12.3. The van der Waals surface area contributed by atoms with Gasteiger partial charge in [0.15, 0.2) is 0 Å². The normalized spacial score (nSPS) is 26.0. The number of carbonyl (C=O) groups excluding carboxylic acids is 1. The topological polar surface area (TPSA) is 58.1 Å². The van der Waals surface area contributed by atoms with E-state index in [1.807, 2.05) is 11.9 Å². The quantitative estimate of drug-likeness (QED) is 0.870. The number of likely N-dealkylation sites (N-methyl/N-ethyl adjacent to an activating group) is 1. The average molecular weight is 254 g/mol. The molecule has 2 atom stereocenters. The van der Waals surface area contributed by atoms with Gasteiger partial charge in [0, 0.05) is 6.54 Å². The average Bonchev–Trinajstić information content (AvgIpc) is 2.77. The van der Waals surface area contributed by atoms with Gasteiger partial charge >= 0.3 is 0 Å². The number of nitrogens with one attached hydrogen (secondary N) is 1. The van der Waals surface area contributed by atoms with E-state index in [0.717, 1.165) is 24.4 Å². The number of aromatic nitrogens is 2. The minimum absolute atomic E-state index is 0.0483. The molecule has 0 bridgehead atoms. The van der Waals surface area contributed by atoms with Crippen LogP contribution in [-0.4, -0.2) is 40.6 Å². The van der Waals surface area contributed by atoms with Crippen LogP contribution in [0.25, 0.3) is 0 Å². The summed E-state index contributed by atoms with van der Waals surface area (Å²) in [5, 5.41) is 11.8. The number of likely N-dealkylation sites (tertiary alicyclic amines) is 1. The van der Waals surface area contributed by atoms with Crippen LogP contribution in [-0.2, 0) is 11.3 Å². The summed E-state index contributed by atoms with van der Waals surface area (Å²) in [6, 6.07) is -0.0483. The Bertz CT molecular complexity index is 368. The van der Waals surface area contributed by atoms with Gasteiger partial charge in [-0.15, -0.1) is 21.5 Å². The molecule has 1 amide bonds. The smallest absolute Gasteiger partial charge is 0.240 e. The first-order valence-electron chi connectivity index (χ1n) is 5.91. The van der Waals surface area contributed by atoms with Crippen LogP contribution in [0.15, 0.2) is 5.51 Å². The summed E-state index contributed by atoms with van der Waals surface area (Å²) in [5.41, 5.74) is 1.70. The predicted octanol–water partition coefficient (Wildman–Crippen LogP) is 0.885. The Hall–Kier alpha value is -1.01. The van der Waals surface area contributed by atoms with Crippen molar-refractivity contribution >= 4 is 17.2 Å². The summed E-state index contributed by atoms with van der Waals surface area (Å²) < 4.78 is 0. The van der Waals surface area contributed by atoms with Gasteiger partial charge in [-0.3, -0.25) is 4.79 Å². The summed E-state index contributed by atoms with van der Waals surface area (Å²) in [4.78, 5) is 14.2. The van der Waals surface area contributed by atoms with E-state index >= 15 is 0 Å². The number of nitrogens with zero attached hydrogens (tertiary/aromatic N) is 3. The van der Waals surface area contributed by atoms with Crippen LogP contribution in [0.5, 0.6) is 0 Å². The highest BCUT2D eigenvalue weighted by atomic mass is 32.1. The van der Waals surface area contributed by atoms with E-state index in [1.54, 1.807) is 5.51 Å². The minimum Gasteiger partial charge on any atom is -0.334 e. The van der Waals surface area contributed by atoms with Crippen LogP contribution >= 0.6 is 11.3 Å². The molecule has 1 aromatic rings. The number of rotatable bonds is 3. The van der Waals surface area contributed by atoms with Gasteiger partial charge in [-0.25, -0.2) is 0 Å². The van der Waals surface area contributed by atoms with Crippen molar-refractivity contribution in [1.82, 2.24) is 20.4 Å². The molecule has 0 radical (unpaired) electrons. The Morgan fingerprint density at radius 1 is 1.59 bits per heavy atom. The number of hydrogen-bond acceptors (Lipinski definition) is 5. The Balaban J connectivity index is 2.09. The maximum Gasteiger partial charge on any atom is 0.240 e. The summed E-state index contributed by atoms with van der Waals surface area (Å²) in [6.07, 6.45) is 2.01. The van der Waals surface area contributed by atoms with Crippen molar-refractivity contribution in [1.29, 1.82) is 0 Å². The van der Waals surface area contributed by atoms with Crippen LogP contribution in [0.4, 0.5) is 0 Å². The lowest BCUT2D eigenvalue weighted by molar-refractivity contribution is -0.133. The molecular weight excluding hydrogens is 236 g/mol. The zero-order valence-electron chi connectivity index (χ0n) is 10.2. The van der Waals surface area contributed by atoms with Crippen LogP contribution in [0.1, 0.15) is 24.8 Å². The molecule has 1 fully saturated rings. The highest BCUT2D eigenvalue weighted by Crippen LogP contribution is 2.19. The summed E-state index contributed by atoms with van der Waals surface area (Å²) in [6.45, 7) is 3.60. The standard InChI is InChI=1S/C11H18N4OS/c1-8-3-4-9(12-2)11(16)15(5-8)6-10-14-13-7-17-10/h7-9,12H,3-6H2,1-2H3. The Morgan fingerprint density at radius 3 is 3.06 bits per heavy atom. The first kappa shape index (κ1) is 12.4. The molecule has 2 rings (SSSR count). The lowest BCUT2D eigenvalue weighted by Crippen LogP contribution is -2.43. The molecule has 17 heavy (non-hydrogen) atoms. The summed E-state index contributed by atoms with van der Waals surface area (Å²) in [7, 11) is 1.85. The molecule has 94 valence electrons. The third-order valence-electron chi connectivity index (χ3n) is 3.17. The van der Waals surface area contributed by atoms with E-state index in [1.165, 1.54) is 11.3 Å². The van der Waals surface area contributed by atoms with Crippen molar-refractivity contribution in [2.24, 2.45) is 5.92 Å². The van der Waals surface area contributed by atoms with Crippen molar-refractivity contribution in [2.75, 3.05) is 13.6 Å². The van der Waals surface area contributed by atoms with Crippen molar-refractivity contribution < 1.29 is 4.79 Å². The number of hydrogen-bond donors (Lipinski definition) is 1. The second-order valence-electron chi connectivity index (χ2n) is 4.58. The molecular formula is C11H18N4OS. The van der Waals surface area contributed by atoms with Crippen LogP contribution in [0.3, 0.4) is 0 Å². The fraction of sp³-hybridized carbons (Fsp3) is 0.727. The van der Waals surface area contributed by atoms with Crippen molar-refractivity contribution in [3.8, 4) is 0 Å². The molecule has 1 aromatic heterocycles. The molecule has 0 aliphatic carbocycles. The van der Waals surface area contributed by atoms with E-state index in [9.17, 15) is 4.79 Å². The van der Waals surface area contributed by atoms with Gasteiger partial charge in [0.1, 0.15) is 10.5 Å².